The largest absolute Gasteiger partial charge is 0.305 e. The van der Waals surface area contributed by atoms with Gasteiger partial charge in [0.25, 0.3) is 5.56 Å². The average Bonchev–Trinajstić information content (AvgIpc) is 2.77. The Bertz CT molecular complexity index is 583. The van der Waals surface area contributed by atoms with Crippen molar-refractivity contribution in [3.05, 3.63) is 34.4 Å². The third-order valence-corrected chi connectivity index (χ3v) is 2.75. The first-order valence-electron chi connectivity index (χ1n) is 6.25. The highest BCUT2D eigenvalue weighted by atomic mass is 16.1. The normalized spacial score (nSPS) is 11.1. The molecule has 0 aliphatic rings. The Labute approximate surface area is 106 Å². The van der Waals surface area contributed by atoms with Crippen LogP contribution in [-0.4, -0.2) is 19.7 Å². The molecule has 0 unspecified atom stereocenters. The van der Waals surface area contributed by atoms with Crippen molar-refractivity contribution in [2.24, 2.45) is 0 Å². The number of aryl methyl sites for hydroxylation is 1. The molecule has 0 radical (unpaired) electrons. The number of hydrogen-bond donors (Lipinski definition) is 1. The van der Waals surface area contributed by atoms with Crippen LogP contribution in [0.15, 0.2) is 23.1 Å². The highest BCUT2D eigenvalue weighted by molar-refractivity contribution is 5.48. The van der Waals surface area contributed by atoms with Crippen LogP contribution in [0.2, 0.25) is 0 Å². The van der Waals surface area contributed by atoms with Crippen molar-refractivity contribution in [2.75, 3.05) is 0 Å². The first-order chi connectivity index (χ1) is 8.61. The molecule has 2 aromatic rings. The topological polar surface area (TPSA) is 63.6 Å². The summed E-state index contributed by atoms with van der Waals surface area (Å²) in [5.74, 6) is 0.825. The zero-order valence-electron chi connectivity index (χ0n) is 11.0. The monoisotopic (exact) mass is 246 g/mol. The maximum absolute atomic E-state index is 11.7. The van der Waals surface area contributed by atoms with E-state index in [1.807, 2.05) is 24.6 Å². The van der Waals surface area contributed by atoms with Gasteiger partial charge < -0.3 is 4.98 Å². The quantitative estimate of drug-likeness (QED) is 0.899. The van der Waals surface area contributed by atoms with Gasteiger partial charge in [-0.15, -0.1) is 0 Å². The maximum atomic E-state index is 11.7. The van der Waals surface area contributed by atoms with Gasteiger partial charge in [0.1, 0.15) is 5.69 Å². The summed E-state index contributed by atoms with van der Waals surface area (Å²) in [5.41, 5.74) is 1.54. The van der Waals surface area contributed by atoms with E-state index < -0.39 is 0 Å². The second-order valence-corrected chi connectivity index (χ2v) is 4.61. The van der Waals surface area contributed by atoms with Crippen molar-refractivity contribution >= 4 is 0 Å². The molecule has 18 heavy (non-hydrogen) atoms. The molecule has 2 heterocycles. The number of nitrogens with zero attached hydrogens (tertiary/aromatic N) is 3. The van der Waals surface area contributed by atoms with Crippen LogP contribution in [-0.2, 0) is 6.54 Å². The molecule has 0 aromatic carbocycles. The van der Waals surface area contributed by atoms with E-state index in [0.717, 1.165) is 24.4 Å². The van der Waals surface area contributed by atoms with Gasteiger partial charge in [-0.25, -0.2) is 4.98 Å². The van der Waals surface area contributed by atoms with Gasteiger partial charge in [-0.05, 0) is 18.4 Å². The Morgan fingerprint density at radius 1 is 1.44 bits per heavy atom. The van der Waals surface area contributed by atoms with E-state index >= 15 is 0 Å². The molecule has 96 valence electrons. The van der Waals surface area contributed by atoms with E-state index in [1.165, 1.54) is 0 Å². The standard InChI is InChI=1S/C13H18N4O/c1-4-7-17-11(5-6-14-17)13-15-10(9(2)3)8-12(18)16-13/h5-6,8-9H,4,7H2,1-3H3,(H,15,16,18). The Hall–Kier alpha value is -1.91. The molecule has 1 N–H and O–H groups in total. The highest BCUT2D eigenvalue weighted by Gasteiger charge is 2.10. The van der Waals surface area contributed by atoms with E-state index in [4.69, 9.17) is 0 Å². The first kappa shape index (κ1) is 12.5. The lowest BCUT2D eigenvalue weighted by Gasteiger charge is -2.08. The van der Waals surface area contributed by atoms with E-state index in [9.17, 15) is 4.79 Å². The average molecular weight is 246 g/mol. The smallest absolute Gasteiger partial charge is 0.251 e. The predicted octanol–water partition coefficient (Wildman–Crippen LogP) is 2.17. The van der Waals surface area contributed by atoms with Crippen molar-refractivity contribution in [1.29, 1.82) is 0 Å². The Morgan fingerprint density at radius 2 is 2.22 bits per heavy atom. The van der Waals surface area contributed by atoms with Gasteiger partial charge in [0.2, 0.25) is 0 Å². The molecule has 5 heteroatoms. The van der Waals surface area contributed by atoms with Crippen molar-refractivity contribution in [3.63, 3.8) is 0 Å². The van der Waals surface area contributed by atoms with Crippen molar-refractivity contribution in [1.82, 2.24) is 19.7 Å². The van der Waals surface area contributed by atoms with Gasteiger partial charge in [-0.3, -0.25) is 9.48 Å². The molecule has 0 aliphatic carbocycles. The Kier molecular flexibility index (Phi) is 3.60. The summed E-state index contributed by atoms with van der Waals surface area (Å²) in [7, 11) is 0. The number of aromatic nitrogens is 4. The van der Waals surface area contributed by atoms with Crippen LogP contribution in [0.5, 0.6) is 0 Å². The second-order valence-electron chi connectivity index (χ2n) is 4.61. The summed E-state index contributed by atoms with van der Waals surface area (Å²) in [5, 5.41) is 4.24. The summed E-state index contributed by atoms with van der Waals surface area (Å²) < 4.78 is 1.86. The molecule has 2 aromatic heterocycles. The zero-order valence-corrected chi connectivity index (χ0v) is 11.0. The van der Waals surface area contributed by atoms with Crippen LogP contribution in [0.1, 0.15) is 38.8 Å². The van der Waals surface area contributed by atoms with Crippen LogP contribution in [0.25, 0.3) is 11.5 Å². The molecule has 0 aliphatic heterocycles. The van der Waals surface area contributed by atoms with Crippen molar-refractivity contribution in [3.8, 4) is 11.5 Å². The van der Waals surface area contributed by atoms with Gasteiger partial charge in [0, 0.05) is 18.8 Å². The van der Waals surface area contributed by atoms with Gasteiger partial charge >= 0.3 is 0 Å². The summed E-state index contributed by atoms with van der Waals surface area (Å²) in [6.07, 6.45) is 2.72. The molecule has 0 saturated carbocycles. The van der Waals surface area contributed by atoms with Gasteiger partial charge in [-0.1, -0.05) is 20.8 Å². The van der Waals surface area contributed by atoms with E-state index in [2.05, 4.69) is 22.0 Å². The SMILES string of the molecule is CCCn1nccc1-c1nc(C(C)C)cc(=O)[nH]1. The third-order valence-electron chi connectivity index (χ3n) is 2.75. The minimum atomic E-state index is -0.118. The fourth-order valence-corrected chi connectivity index (χ4v) is 1.82. The van der Waals surface area contributed by atoms with E-state index in [1.54, 1.807) is 12.3 Å². The summed E-state index contributed by atoms with van der Waals surface area (Å²) >= 11 is 0. The minimum Gasteiger partial charge on any atom is -0.305 e. The Balaban J connectivity index is 2.50. The van der Waals surface area contributed by atoms with Gasteiger partial charge in [0.15, 0.2) is 5.82 Å². The number of aromatic amines is 1. The highest BCUT2D eigenvalue weighted by Crippen LogP contribution is 2.16. The Morgan fingerprint density at radius 3 is 2.89 bits per heavy atom. The molecule has 0 spiro atoms. The zero-order chi connectivity index (χ0) is 13.1. The number of rotatable bonds is 4. The number of nitrogens with one attached hydrogen (secondary N) is 1. The predicted molar refractivity (Wildman–Crippen MR) is 70.5 cm³/mol. The van der Waals surface area contributed by atoms with Crippen LogP contribution < -0.4 is 5.56 Å². The van der Waals surface area contributed by atoms with Gasteiger partial charge in [-0.2, -0.15) is 5.10 Å². The van der Waals surface area contributed by atoms with E-state index in [0.29, 0.717) is 5.82 Å². The van der Waals surface area contributed by atoms with Crippen LogP contribution in [0, 0.1) is 0 Å². The summed E-state index contributed by atoms with van der Waals surface area (Å²) in [6, 6.07) is 3.42. The van der Waals surface area contributed by atoms with Crippen LogP contribution in [0.4, 0.5) is 0 Å². The summed E-state index contributed by atoms with van der Waals surface area (Å²) in [6.45, 7) is 6.95. The molecule has 0 fully saturated rings. The maximum Gasteiger partial charge on any atom is 0.251 e. The minimum absolute atomic E-state index is 0.118. The molecule has 0 atom stereocenters. The van der Waals surface area contributed by atoms with Crippen LogP contribution in [0.3, 0.4) is 0 Å². The van der Waals surface area contributed by atoms with E-state index in [-0.39, 0.29) is 11.5 Å². The number of hydrogen-bond acceptors (Lipinski definition) is 3. The fraction of sp³-hybridized carbons (Fsp3) is 0.462. The van der Waals surface area contributed by atoms with Gasteiger partial charge in [0.05, 0.1) is 5.69 Å². The molecule has 2 rings (SSSR count). The van der Waals surface area contributed by atoms with Crippen LogP contribution >= 0.6 is 0 Å². The first-order valence-corrected chi connectivity index (χ1v) is 6.25. The van der Waals surface area contributed by atoms with Crippen molar-refractivity contribution in [2.45, 2.75) is 39.7 Å². The number of H-pyrrole nitrogens is 1. The molecular formula is C13H18N4O. The molecule has 0 bridgehead atoms. The van der Waals surface area contributed by atoms with Crippen molar-refractivity contribution < 1.29 is 0 Å². The molecule has 0 amide bonds. The lowest BCUT2D eigenvalue weighted by Crippen LogP contribution is -2.13. The fourth-order valence-electron chi connectivity index (χ4n) is 1.82. The third kappa shape index (κ3) is 2.50. The summed E-state index contributed by atoms with van der Waals surface area (Å²) in [4.78, 5) is 18.9. The second kappa shape index (κ2) is 5.16. The molecule has 0 saturated heterocycles. The molecular weight excluding hydrogens is 228 g/mol. The lowest BCUT2D eigenvalue weighted by molar-refractivity contribution is 0.606. The molecule has 5 nitrogen and oxygen atoms in total. The lowest BCUT2D eigenvalue weighted by atomic mass is 10.1.